The first kappa shape index (κ1) is 13.9. The maximum atomic E-state index is 11.7. The molecule has 2 rings (SSSR count). The first-order valence-electron chi connectivity index (χ1n) is 6.39. The van der Waals surface area contributed by atoms with Crippen molar-refractivity contribution in [2.24, 2.45) is 0 Å². The summed E-state index contributed by atoms with van der Waals surface area (Å²) in [5, 5.41) is 14.2. The topological polar surface area (TPSA) is 91.2 Å². The number of carbonyl (C=O) groups excluding carboxylic acids is 2. The van der Waals surface area contributed by atoms with Gasteiger partial charge in [0.05, 0.1) is 5.56 Å². The predicted molar refractivity (Wildman–Crippen MR) is 70.8 cm³/mol. The second-order valence-corrected chi connectivity index (χ2v) is 4.45. The Bertz CT molecular complexity index is 551. The van der Waals surface area contributed by atoms with Gasteiger partial charge in [0.1, 0.15) is 17.9 Å². The van der Waals surface area contributed by atoms with Gasteiger partial charge in [-0.3, -0.25) is 9.59 Å². The molecule has 1 aliphatic heterocycles. The van der Waals surface area contributed by atoms with E-state index in [2.05, 4.69) is 10.6 Å². The monoisotopic (exact) mass is 273 g/mol. The first-order valence-corrected chi connectivity index (χ1v) is 6.39. The number of nitriles is 1. The average Bonchev–Trinajstić information content (AvgIpc) is 2.48. The molecule has 2 N–H and O–H groups in total. The van der Waals surface area contributed by atoms with Gasteiger partial charge in [0.15, 0.2) is 6.61 Å². The number of nitrogens with one attached hydrogen (secondary N) is 2. The van der Waals surface area contributed by atoms with Crippen LogP contribution in [0.1, 0.15) is 18.4 Å². The first-order chi connectivity index (χ1) is 9.70. The SMILES string of the molecule is N#Cc1ccccc1OCC(=O)NC1CCCNC1=O. The number of rotatable bonds is 4. The molecule has 0 aliphatic carbocycles. The van der Waals surface area contributed by atoms with E-state index in [0.29, 0.717) is 24.3 Å². The highest BCUT2D eigenvalue weighted by Gasteiger charge is 2.23. The number of para-hydroxylation sites is 1. The molecule has 2 amide bonds. The molecule has 1 saturated heterocycles. The Labute approximate surface area is 116 Å². The third kappa shape index (κ3) is 3.48. The van der Waals surface area contributed by atoms with Gasteiger partial charge in [0.25, 0.3) is 5.91 Å². The molecule has 1 atom stereocenters. The Morgan fingerprint density at radius 1 is 1.50 bits per heavy atom. The van der Waals surface area contributed by atoms with E-state index in [1.54, 1.807) is 24.3 Å². The summed E-state index contributed by atoms with van der Waals surface area (Å²) in [7, 11) is 0. The van der Waals surface area contributed by atoms with Gasteiger partial charge in [-0.1, -0.05) is 12.1 Å². The van der Waals surface area contributed by atoms with Gasteiger partial charge in [-0.15, -0.1) is 0 Å². The molecule has 1 unspecified atom stereocenters. The van der Waals surface area contributed by atoms with Crippen LogP contribution in [0.15, 0.2) is 24.3 Å². The van der Waals surface area contributed by atoms with E-state index < -0.39 is 6.04 Å². The van der Waals surface area contributed by atoms with Crippen molar-refractivity contribution in [3.05, 3.63) is 29.8 Å². The summed E-state index contributed by atoms with van der Waals surface area (Å²) in [6.45, 7) is 0.430. The second kappa shape index (κ2) is 6.57. The lowest BCUT2D eigenvalue weighted by molar-refractivity contribution is -0.131. The smallest absolute Gasteiger partial charge is 0.258 e. The number of benzene rings is 1. The summed E-state index contributed by atoms with van der Waals surface area (Å²) in [4.78, 5) is 23.2. The maximum absolute atomic E-state index is 11.7. The number of piperidine rings is 1. The molecule has 0 radical (unpaired) electrons. The van der Waals surface area contributed by atoms with E-state index in [4.69, 9.17) is 10.00 Å². The van der Waals surface area contributed by atoms with Gasteiger partial charge in [0, 0.05) is 6.54 Å². The molecule has 1 aromatic carbocycles. The average molecular weight is 273 g/mol. The molecule has 1 aliphatic rings. The van der Waals surface area contributed by atoms with Crippen molar-refractivity contribution in [1.82, 2.24) is 10.6 Å². The standard InChI is InChI=1S/C14H15N3O3/c15-8-10-4-1-2-6-12(10)20-9-13(18)17-11-5-3-7-16-14(11)19/h1-2,4,6,11H,3,5,7,9H2,(H,16,19)(H,17,18). The number of ether oxygens (including phenoxy) is 1. The predicted octanol–water partition coefficient (Wildman–Crippen LogP) is 0.332. The van der Waals surface area contributed by atoms with Crippen molar-refractivity contribution < 1.29 is 14.3 Å². The fraction of sp³-hybridized carbons (Fsp3) is 0.357. The summed E-state index contributed by atoms with van der Waals surface area (Å²) < 4.78 is 5.30. The van der Waals surface area contributed by atoms with Crippen LogP contribution in [0.25, 0.3) is 0 Å². The Hall–Kier alpha value is -2.55. The number of carbonyl (C=O) groups is 2. The highest BCUT2D eigenvalue weighted by Crippen LogP contribution is 2.16. The maximum Gasteiger partial charge on any atom is 0.258 e. The Kier molecular flexibility index (Phi) is 4.56. The summed E-state index contributed by atoms with van der Waals surface area (Å²) in [6.07, 6.45) is 1.47. The van der Waals surface area contributed by atoms with E-state index in [1.165, 1.54) is 0 Å². The van der Waals surface area contributed by atoms with Gasteiger partial charge in [-0.05, 0) is 25.0 Å². The van der Waals surface area contributed by atoms with Crippen LogP contribution in [-0.4, -0.2) is 31.0 Å². The van der Waals surface area contributed by atoms with Crippen LogP contribution in [0.4, 0.5) is 0 Å². The lowest BCUT2D eigenvalue weighted by Crippen LogP contribution is -2.51. The quantitative estimate of drug-likeness (QED) is 0.827. The van der Waals surface area contributed by atoms with Crippen LogP contribution < -0.4 is 15.4 Å². The van der Waals surface area contributed by atoms with Crippen molar-refractivity contribution in [2.45, 2.75) is 18.9 Å². The largest absolute Gasteiger partial charge is 0.482 e. The minimum Gasteiger partial charge on any atom is -0.482 e. The molecule has 104 valence electrons. The number of nitrogens with zero attached hydrogens (tertiary/aromatic N) is 1. The summed E-state index contributed by atoms with van der Waals surface area (Å²) in [5.41, 5.74) is 0.371. The minimum absolute atomic E-state index is 0.165. The van der Waals surface area contributed by atoms with Gasteiger partial charge in [-0.2, -0.15) is 5.26 Å². The summed E-state index contributed by atoms with van der Waals surface area (Å²) >= 11 is 0. The highest BCUT2D eigenvalue weighted by atomic mass is 16.5. The van der Waals surface area contributed by atoms with Crippen molar-refractivity contribution >= 4 is 11.8 Å². The molecule has 0 bridgehead atoms. The molecular weight excluding hydrogens is 258 g/mol. The number of amides is 2. The van der Waals surface area contributed by atoms with Gasteiger partial charge >= 0.3 is 0 Å². The van der Waals surface area contributed by atoms with Crippen molar-refractivity contribution in [2.75, 3.05) is 13.2 Å². The Balaban J connectivity index is 1.86. The van der Waals surface area contributed by atoms with Crippen molar-refractivity contribution in [3.63, 3.8) is 0 Å². The third-order valence-electron chi connectivity index (χ3n) is 2.99. The molecule has 6 heteroatoms. The molecule has 0 spiro atoms. The van der Waals surface area contributed by atoms with E-state index in [-0.39, 0.29) is 18.4 Å². The number of hydrogen-bond donors (Lipinski definition) is 2. The molecule has 0 saturated carbocycles. The fourth-order valence-corrected chi connectivity index (χ4v) is 1.97. The van der Waals surface area contributed by atoms with Gasteiger partial charge in [-0.25, -0.2) is 0 Å². The molecule has 1 fully saturated rings. The molecular formula is C14H15N3O3. The summed E-state index contributed by atoms with van der Waals surface area (Å²) in [6, 6.07) is 8.17. The molecule has 1 aromatic rings. The molecule has 6 nitrogen and oxygen atoms in total. The fourth-order valence-electron chi connectivity index (χ4n) is 1.97. The van der Waals surface area contributed by atoms with E-state index in [0.717, 1.165) is 6.42 Å². The normalized spacial score (nSPS) is 17.8. The van der Waals surface area contributed by atoms with Crippen molar-refractivity contribution in [1.29, 1.82) is 5.26 Å². The van der Waals surface area contributed by atoms with Crippen LogP contribution in [0.5, 0.6) is 5.75 Å². The van der Waals surface area contributed by atoms with Gasteiger partial charge < -0.3 is 15.4 Å². The van der Waals surface area contributed by atoms with Crippen LogP contribution >= 0.6 is 0 Å². The Morgan fingerprint density at radius 3 is 3.05 bits per heavy atom. The lowest BCUT2D eigenvalue weighted by atomic mass is 10.1. The van der Waals surface area contributed by atoms with E-state index in [9.17, 15) is 9.59 Å². The summed E-state index contributed by atoms with van der Waals surface area (Å²) in [5.74, 6) is -0.180. The third-order valence-corrected chi connectivity index (χ3v) is 2.99. The molecule has 20 heavy (non-hydrogen) atoms. The van der Waals surface area contributed by atoms with Crippen LogP contribution in [0.3, 0.4) is 0 Å². The van der Waals surface area contributed by atoms with E-state index in [1.807, 2.05) is 6.07 Å². The van der Waals surface area contributed by atoms with Crippen LogP contribution in [0.2, 0.25) is 0 Å². The second-order valence-electron chi connectivity index (χ2n) is 4.45. The van der Waals surface area contributed by atoms with E-state index >= 15 is 0 Å². The van der Waals surface area contributed by atoms with Gasteiger partial charge in [0.2, 0.25) is 5.91 Å². The Morgan fingerprint density at radius 2 is 2.30 bits per heavy atom. The lowest BCUT2D eigenvalue weighted by Gasteiger charge is -2.22. The highest BCUT2D eigenvalue weighted by molar-refractivity contribution is 5.88. The minimum atomic E-state index is -0.494. The molecule has 1 heterocycles. The van der Waals surface area contributed by atoms with Crippen molar-refractivity contribution in [3.8, 4) is 11.8 Å². The van der Waals surface area contributed by atoms with Crippen LogP contribution in [-0.2, 0) is 9.59 Å². The zero-order chi connectivity index (χ0) is 14.4. The zero-order valence-corrected chi connectivity index (χ0v) is 10.9. The number of hydrogen-bond acceptors (Lipinski definition) is 4. The van der Waals surface area contributed by atoms with Crippen LogP contribution in [0, 0.1) is 11.3 Å². The molecule has 0 aromatic heterocycles. The zero-order valence-electron chi connectivity index (χ0n) is 10.9.